The second kappa shape index (κ2) is 5.51. The van der Waals surface area contributed by atoms with Gasteiger partial charge in [-0.3, -0.25) is 14.8 Å². The fourth-order valence-corrected chi connectivity index (χ4v) is 2.02. The molecule has 7 heteroatoms. The van der Waals surface area contributed by atoms with Crippen LogP contribution in [-0.2, 0) is 11.3 Å². The Morgan fingerprint density at radius 2 is 2.10 bits per heavy atom. The summed E-state index contributed by atoms with van der Waals surface area (Å²) in [6.45, 7) is 5.08. The Morgan fingerprint density at radius 1 is 1.43 bits per heavy atom. The first-order chi connectivity index (χ1) is 9.86. The Balaban J connectivity index is 2.50. The van der Waals surface area contributed by atoms with Gasteiger partial charge in [-0.1, -0.05) is 18.2 Å². The molecule has 0 spiro atoms. The van der Waals surface area contributed by atoms with Gasteiger partial charge in [0.1, 0.15) is 6.54 Å². The van der Waals surface area contributed by atoms with E-state index in [2.05, 4.69) is 5.10 Å². The number of nitro groups is 1. The maximum absolute atomic E-state index is 11.9. The molecule has 1 aromatic heterocycles. The van der Waals surface area contributed by atoms with Gasteiger partial charge in [-0.25, -0.2) is 4.79 Å². The van der Waals surface area contributed by atoms with Crippen LogP contribution in [0.5, 0.6) is 0 Å². The van der Waals surface area contributed by atoms with Gasteiger partial charge >= 0.3 is 5.97 Å². The zero-order chi connectivity index (χ0) is 15.6. The van der Waals surface area contributed by atoms with Crippen molar-refractivity contribution in [1.29, 1.82) is 0 Å². The number of fused-ring (bicyclic) bond motifs is 1. The molecule has 1 aromatic carbocycles. The Bertz CT molecular complexity index is 691. The highest BCUT2D eigenvalue weighted by molar-refractivity contribution is 6.02. The quantitative estimate of drug-likeness (QED) is 0.479. The molecule has 0 saturated carbocycles. The van der Waals surface area contributed by atoms with Crippen LogP contribution in [-0.4, -0.2) is 32.8 Å². The lowest BCUT2D eigenvalue weighted by Gasteiger charge is -2.15. The summed E-state index contributed by atoms with van der Waals surface area (Å²) in [6.07, 6.45) is 0. The van der Waals surface area contributed by atoms with Crippen molar-refractivity contribution in [2.24, 2.45) is 0 Å². The van der Waals surface area contributed by atoms with Crippen molar-refractivity contribution in [3.05, 3.63) is 40.1 Å². The molecule has 0 aliphatic rings. The third-order valence-electron chi connectivity index (χ3n) is 3.16. The zero-order valence-corrected chi connectivity index (χ0v) is 12.2. The predicted molar refractivity (Wildman–Crippen MR) is 76.8 cm³/mol. The van der Waals surface area contributed by atoms with Crippen LogP contribution in [0.4, 0.5) is 0 Å². The Kier molecular flexibility index (Phi) is 3.93. The summed E-state index contributed by atoms with van der Waals surface area (Å²) >= 11 is 0. The number of hydrogen-bond acceptors (Lipinski definition) is 5. The van der Waals surface area contributed by atoms with Gasteiger partial charge in [0.05, 0.1) is 12.1 Å². The Morgan fingerprint density at radius 3 is 2.71 bits per heavy atom. The van der Waals surface area contributed by atoms with Gasteiger partial charge in [0.15, 0.2) is 5.69 Å². The average molecular weight is 291 g/mol. The number of esters is 1. The lowest BCUT2D eigenvalue weighted by atomic mass is 10.1. The average Bonchev–Trinajstić information content (AvgIpc) is 2.78. The van der Waals surface area contributed by atoms with Gasteiger partial charge in [-0.15, -0.1) is 0 Å². The summed E-state index contributed by atoms with van der Waals surface area (Å²) in [5.74, 6) is -0.522. The summed E-state index contributed by atoms with van der Waals surface area (Å²) in [5.41, 5.74) is -0.317. The first-order valence-corrected chi connectivity index (χ1v) is 6.64. The number of benzene rings is 1. The molecule has 0 fully saturated rings. The topological polar surface area (TPSA) is 87.3 Å². The summed E-state index contributed by atoms with van der Waals surface area (Å²) in [5, 5.41) is 15.9. The van der Waals surface area contributed by atoms with Gasteiger partial charge < -0.3 is 4.74 Å². The minimum Gasteiger partial charge on any atom is -0.461 e. The van der Waals surface area contributed by atoms with Gasteiger partial charge in [-0.05, 0) is 13.0 Å². The summed E-state index contributed by atoms with van der Waals surface area (Å²) in [7, 11) is 0. The first kappa shape index (κ1) is 15.0. The SMILES string of the molecule is CCOC(=O)c1nn(CC(C)(C)[N+](=O)[O-])c2ccccc12. The van der Waals surface area contributed by atoms with Crippen molar-refractivity contribution in [3.8, 4) is 0 Å². The van der Waals surface area contributed by atoms with Crippen molar-refractivity contribution in [2.45, 2.75) is 32.9 Å². The number of aromatic nitrogens is 2. The van der Waals surface area contributed by atoms with Crippen LogP contribution in [0.1, 0.15) is 31.3 Å². The van der Waals surface area contributed by atoms with E-state index < -0.39 is 11.5 Å². The molecule has 0 bridgehead atoms. The molecule has 0 unspecified atom stereocenters. The van der Waals surface area contributed by atoms with Gasteiger partial charge in [0.2, 0.25) is 5.54 Å². The van der Waals surface area contributed by atoms with E-state index in [0.717, 1.165) is 0 Å². The summed E-state index contributed by atoms with van der Waals surface area (Å²) in [6, 6.07) is 7.12. The van der Waals surface area contributed by atoms with Crippen molar-refractivity contribution >= 4 is 16.9 Å². The van der Waals surface area contributed by atoms with Crippen LogP contribution in [0.15, 0.2) is 24.3 Å². The van der Waals surface area contributed by atoms with E-state index in [1.165, 1.54) is 18.5 Å². The second-order valence-corrected chi connectivity index (χ2v) is 5.31. The van der Waals surface area contributed by atoms with Gasteiger partial charge in [0, 0.05) is 24.2 Å². The number of ether oxygens (including phenoxy) is 1. The molecule has 0 N–H and O–H groups in total. The van der Waals surface area contributed by atoms with E-state index in [1.54, 1.807) is 31.2 Å². The minimum absolute atomic E-state index is 0.0694. The minimum atomic E-state index is -1.18. The fourth-order valence-electron chi connectivity index (χ4n) is 2.02. The number of nitrogens with zero attached hydrogens (tertiary/aromatic N) is 3. The van der Waals surface area contributed by atoms with Crippen molar-refractivity contribution in [2.75, 3.05) is 6.61 Å². The van der Waals surface area contributed by atoms with Crippen molar-refractivity contribution < 1.29 is 14.5 Å². The monoisotopic (exact) mass is 291 g/mol. The molecule has 1 heterocycles. The third kappa shape index (κ3) is 2.86. The fraction of sp³-hybridized carbons (Fsp3) is 0.429. The highest BCUT2D eigenvalue weighted by Crippen LogP contribution is 2.22. The Labute approximate surface area is 121 Å². The standard InChI is InChI=1S/C14H17N3O4/c1-4-21-13(18)12-10-7-5-6-8-11(10)16(15-12)9-14(2,3)17(19)20/h5-8H,4,9H2,1-3H3. The van der Waals surface area contributed by atoms with Crippen molar-refractivity contribution in [1.82, 2.24) is 9.78 Å². The maximum Gasteiger partial charge on any atom is 0.359 e. The van der Waals surface area contributed by atoms with Crippen LogP contribution in [0.2, 0.25) is 0 Å². The number of hydrogen-bond donors (Lipinski definition) is 0. The normalized spacial score (nSPS) is 11.6. The van der Waals surface area contributed by atoms with E-state index in [9.17, 15) is 14.9 Å². The van der Waals surface area contributed by atoms with Gasteiger partial charge in [-0.2, -0.15) is 5.10 Å². The molecule has 2 rings (SSSR count). The van der Waals surface area contributed by atoms with E-state index in [-0.39, 0.29) is 23.8 Å². The summed E-state index contributed by atoms with van der Waals surface area (Å²) in [4.78, 5) is 22.7. The van der Waals surface area contributed by atoms with E-state index >= 15 is 0 Å². The van der Waals surface area contributed by atoms with Crippen LogP contribution in [0.3, 0.4) is 0 Å². The van der Waals surface area contributed by atoms with Crippen LogP contribution < -0.4 is 0 Å². The van der Waals surface area contributed by atoms with E-state index in [1.807, 2.05) is 0 Å². The molecule has 21 heavy (non-hydrogen) atoms. The molecule has 0 amide bonds. The lowest BCUT2D eigenvalue weighted by Crippen LogP contribution is -2.36. The molecule has 0 aliphatic carbocycles. The number of rotatable bonds is 5. The van der Waals surface area contributed by atoms with Crippen LogP contribution >= 0.6 is 0 Å². The number of para-hydroxylation sites is 1. The van der Waals surface area contributed by atoms with Crippen LogP contribution in [0.25, 0.3) is 10.9 Å². The first-order valence-electron chi connectivity index (χ1n) is 6.64. The number of carbonyl (C=O) groups is 1. The molecular weight excluding hydrogens is 274 g/mol. The molecule has 112 valence electrons. The smallest absolute Gasteiger partial charge is 0.359 e. The molecule has 0 atom stereocenters. The van der Waals surface area contributed by atoms with E-state index in [4.69, 9.17) is 4.74 Å². The number of carbonyl (C=O) groups excluding carboxylic acids is 1. The highest BCUT2D eigenvalue weighted by Gasteiger charge is 2.33. The third-order valence-corrected chi connectivity index (χ3v) is 3.16. The molecule has 0 saturated heterocycles. The Hall–Kier alpha value is -2.44. The van der Waals surface area contributed by atoms with Crippen LogP contribution in [0, 0.1) is 10.1 Å². The second-order valence-electron chi connectivity index (χ2n) is 5.31. The largest absolute Gasteiger partial charge is 0.461 e. The van der Waals surface area contributed by atoms with E-state index in [0.29, 0.717) is 10.9 Å². The van der Waals surface area contributed by atoms with Gasteiger partial charge in [0.25, 0.3) is 0 Å². The lowest BCUT2D eigenvalue weighted by molar-refractivity contribution is -0.563. The molecule has 0 aliphatic heterocycles. The molecule has 2 aromatic rings. The maximum atomic E-state index is 11.9. The molecule has 7 nitrogen and oxygen atoms in total. The zero-order valence-electron chi connectivity index (χ0n) is 12.2. The predicted octanol–water partition coefficient (Wildman–Crippen LogP) is 2.27. The van der Waals surface area contributed by atoms with Crippen molar-refractivity contribution in [3.63, 3.8) is 0 Å². The highest BCUT2D eigenvalue weighted by atomic mass is 16.6. The molecular formula is C14H17N3O4. The summed E-state index contributed by atoms with van der Waals surface area (Å²) < 4.78 is 6.47. The molecule has 0 radical (unpaired) electrons.